The molecule has 0 bridgehead atoms. The van der Waals surface area contributed by atoms with Gasteiger partial charge in [-0.2, -0.15) is 0 Å². The number of rotatable bonds is 26. The number of nitrogens with one attached hydrogen (secondary N) is 1. The first-order valence-electron chi connectivity index (χ1n) is 24.8. The lowest BCUT2D eigenvalue weighted by Crippen LogP contribution is -2.67. The average molecular weight is 1120 g/mol. The van der Waals surface area contributed by atoms with Crippen LogP contribution < -0.4 is 11.1 Å². The van der Waals surface area contributed by atoms with Crippen LogP contribution in [-0.4, -0.2) is 335 Å². The maximum absolute atomic E-state index is 12.5. The summed E-state index contributed by atoms with van der Waals surface area (Å²) in [6.07, 6.45) is -51.3. The van der Waals surface area contributed by atoms with E-state index in [1.54, 1.807) is 0 Å². The Morgan fingerprint density at radius 3 is 1.42 bits per heavy atom. The summed E-state index contributed by atoms with van der Waals surface area (Å²) in [5, 5.41) is 195. The lowest BCUT2D eigenvalue weighted by molar-refractivity contribution is -0.346. The highest BCUT2D eigenvalue weighted by Crippen LogP contribution is 2.38. The highest BCUT2D eigenvalue weighted by molar-refractivity contribution is 5.73. The van der Waals surface area contributed by atoms with Crippen LogP contribution in [0, 0.1) is 0 Å². The molecule has 0 aromatic rings. The Morgan fingerprint density at radius 1 is 0.474 bits per heavy atom. The molecular weight excluding hydrogens is 1040 g/mol. The molecule has 33 heteroatoms. The number of hydrogen-bond donors (Lipinski definition) is 20. The van der Waals surface area contributed by atoms with Gasteiger partial charge >= 0.3 is 0 Å². The lowest BCUT2D eigenvalue weighted by atomic mass is 9.96. The molecule has 1 amide bonds. The van der Waals surface area contributed by atoms with Crippen molar-refractivity contribution in [1.29, 1.82) is 0 Å². The number of carbonyl (C=O) groups excluding carboxylic acids is 1. The number of ether oxygens (including phenoxy) is 12. The topological polar surface area (TPSA) is 530 Å². The van der Waals surface area contributed by atoms with Crippen molar-refractivity contribution in [1.82, 2.24) is 5.32 Å². The van der Waals surface area contributed by atoms with Crippen LogP contribution in [-0.2, 0) is 61.6 Å². The fraction of sp³-hybridized carbons (Fsp3) is 0.977. The monoisotopic (exact) mass is 1120 g/mol. The van der Waals surface area contributed by atoms with Crippen LogP contribution in [0.15, 0.2) is 0 Å². The van der Waals surface area contributed by atoms with Crippen molar-refractivity contribution in [2.75, 3.05) is 52.8 Å². The molecule has 444 valence electrons. The van der Waals surface area contributed by atoms with Crippen molar-refractivity contribution in [2.45, 2.75) is 210 Å². The van der Waals surface area contributed by atoms with E-state index in [2.05, 4.69) is 5.32 Å². The van der Waals surface area contributed by atoms with Gasteiger partial charge in [0.15, 0.2) is 37.7 Å². The van der Waals surface area contributed by atoms with Gasteiger partial charge in [0.2, 0.25) is 5.91 Å². The van der Waals surface area contributed by atoms with E-state index in [0.29, 0.717) is 25.8 Å². The van der Waals surface area contributed by atoms with Crippen molar-refractivity contribution in [3.8, 4) is 0 Å². The second-order valence-electron chi connectivity index (χ2n) is 19.2. The Bertz CT molecular complexity index is 1740. The second-order valence-corrected chi connectivity index (χ2v) is 19.2. The molecule has 30 atom stereocenters. The Labute approximate surface area is 433 Å². The molecule has 0 aromatic heterocycles. The van der Waals surface area contributed by atoms with Crippen molar-refractivity contribution >= 4 is 5.91 Å². The summed E-state index contributed by atoms with van der Waals surface area (Å²) < 4.78 is 68.6. The van der Waals surface area contributed by atoms with Crippen molar-refractivity contribution in [3.63, 3.8) is 0 Å². The maximum atomic E-state index is 12.5. The van der Waals surface area contributed by atoms with E-state index < -0.39 is 230 Å². The molecule has 0 radical (unpaired) electrons. The summed E-state index contributed by atoms with van der Waals surface area (Å²) >= 11 is 0. The highest BCUT2D eigenvalue weighted by Gasteiger charge is 2.59. The van der Waals surface area contributed by atoms with Gasteiger partial charge < -0.3 is 160 Å². The number of amides is 1. The van der Waals surface area contributed by atoms with E-state index >= 15 is 0 Å². The SMILES string of the molecule is CC(=O)NC1C(O[C@H](CO)C2OC(OC3C(O)C(CO)OC(OC4C(O)C(OC5C(O)C(CO)OC(OCCCCCN)C5O)OC4[C@H](O)CO)C3O)C(O)C2O)OC(CO)C(O)C1OC1OC([C@H](O)CO)C(O)C1O. The molecule has 0 aliphatic carbocycles. The van der Waals surface area contributed by atoms with Gasteiger partial charge in [0.25, 0.3) is 0 Å². The van der Waals surface area contributed by atoms with Crippen LogP contribution in [0.25, 0.3) is 0 Å². The molecule has 6 fully saturated rings. The molecule has 6 aliphatic rings. The third kappa shape index (κ3) is 14.1. The molecule has 21 N–H and O–H groups in total. The van der Waals surface area contributed by atoms with Gasteiger partial charge in [-0.15, -0.1) is 0 Å². The van der Waals surface area contributed by atoms with Crippen LogP contribution in [0.1, 0.15) is 26.2 Å². The summed E-state index contributed by atoms with van der Waals surface area (Å²) in [5.74, 6) is -0.801. The minimum absolute atomic E-state index is 0.0726. The summed E-state index contributed by atoms with van der Waals surface area (Å²) in [6.45, 7) is -4.17. The van der Waals surface area contributed by atoms with Crippen molar-refractivity contribution in [3.05, 3.63) is 0 Å². The van der Waals surface area contributed by atoms with E-state index in [1.807, 2.05) is 0 Å². The zero-order valence-electron chi connectivity index (χ0n) is 41.0. The zero-order chi connectivity index (χ0) is 55.9. The van der Waals surface area contributed by atoms with Gasteiger partial charge in [-0.25, -0.2) is 0 Å². The fourth-order valence-corrected chi connectivity index (χ4v) is 9.69. The molecule has 6 heterocycles. The van der Waals surface area contributed by atoms with Gasteiger partial charge in [0.05, 0.1) is 39.6 Å². The quantitative estimate of drug-likeness (QED) is 0.0358. The van der Waals surface area contributed by atoms with Gasteiger partial charge in [-0.3, -0.25) is 4.79 Å². The van der Waals surface area contributed by atoms with Crippen LogP contribution in [0.3, 0.4) is 0 Å². The third-order valence-corrected chi connectivity index (χ3v) is 13.9. The number of aliphatic hydroxyl groups excluding tert-OH is 18. The summed E-state index contributed by atoms with van der Waals surface area (Å²) in [5.41, 5.74) is 5.53. The minimum atomic E-state index is -2.19. The van der Waals surface area contributed by atoms with Crippen molar-refractivity contribution in [2.24, 2.45) is 5.73 Å². The van der Waals surface area contributed by atoms with Gasteiger partial charge in [-0.1, -0.05) is 0 Å². The van der Waals surface area contributed by atoms with E-state index in [1.165, 1.54) is 0 Å². The number of hydrogen-bond acceptors (Lipinski definition) is 32. The number of carbonyl (C=O) groups is 1. The first-order chi connectivity index (χ1) is 36.2. The summed E-state index contributed by atoms with van der Waals surface area (Å²) in [4.78, 5) is 12.5. The number of aliphatic hydroxyl groups is 18. The summed E-state index contributed by atoms with van der Waals surface area (Å²) in [6, 6.07) is -1.65. The first-order valence-corrected chi connectivity index (χ1v) is 24.8. The Balaban J connectivity index is 1.16. The average Bonchev–Trinajstić information content (AvgIpc) is 3.99. The Morgan fingerprint density at radius 2 is 0.895 bits per heavy atom. The molecule has 0 saturated carbocycles. The highest BCUT2D eigenvalue weighted by atomic mass is 16.8. The summed E-state index contributed by atoms with van der Waals surface area (Å²) in [7, 11) is 0. The molecule has 6 saturated heterocycles. The fourth-order valence-electron chi connectivity index (χ4n) is 9.69. The molecular formula is C43H76N2O31. The third-order valence-electron chi connectivity index (χ3n) is 13.9. The van der Waals surface area contributed by atoms with Gasteiger partial charge in [0, 0.05) is 13.5 Å². The van der Waals surface area contributed by atoms with E-state index in [-0.39, 0.29) is 6.61 Å². The standard InChI is InChI=1S/C43H76N2O31/c1-13(52)45-20-34(73-40-26(60)24(58)31(70-40)14(53)7-46)21(55)16(9-48)66-38(20)69-19(12-51)33-25(59)27(61)41(72-33)74-36-23(57)18(11-50)68-42(29(36)63)76-37-30(64)43(71-32(37)15(54)8-47)75-35-22(56)17(10-49)67-39(28(35)62)65-6-4-2-3-5-44/h14-43,46-51,53-64H,2-12,44H2,1H3,(H,45,52)/t14-,15-,16?,17?,18?,19-,20?,21?,22?,23?,24?,25?,26?,27?,28?,29?,30?,31?,32?,33?,34?,35?,36?,37?,38?,39?,40?,41?,42?,43?/m1/s1. The molecule has 76 heavy (non-hydrogen) atoms. The molecule has 6 aliphatic heterocycles. The molecule has 27 unspecified atom stereocenters. The van der Waals surface area contributed by atoms with E-state index in [0.717, 1.165) is 6.92 Å². The first kappa shape index (κ1) is 63.4. The number of nitrogens with two attached hydrogens (primary N) is 1. The van der Waals surface area contributed by atoms with Crippen molar-refractivity contribution < 1.29 is 154 Å². The molecule has 0 aromatic carbocycles. The van der Waals surface area contributed by atoms with E-state index in [4.69, 9.17) is 62.6 Å². The molecule has 6 rings (SSSR count). The Kier molecular flexibility index (Phi) is 24.0. The van der Waals surface area contributed by atoms with Crippen LogP contribution in [0.2, 0.25) is 0 Å². The largest absolute Gasteiger partial charge is 0.394 e. The van der Waals surface area contributed by atoms with Crippen LogP contribution in [0.5, 0.6) is 0 Å². The Hall–Kier alpha value is -1.77. The van der Waals surface area contributed by atoms with E-state index in [9.17, 15) is 96.7 Å². The van der Waals surface area contributed by atoms with Gasteiger partial charge in [-0.05, 0) is 25.8 Å². The molecule has 0 spiro atoms. The van der Waals surface area contributed by atoms with Crippen LogP contribution >= 0.6 is 0 Å². The van der Waals surface area contributed by atoms with Gasteiger partial charge in [0.1, 0.15) is 146 Å². The molecule has 33 nitrogen and oxygen atoms in total. The predicted octanol–water partition coefficient (Wildman–Crippen LogP) is -12.8. The maximum Gasteiger partial charge on any atom is 0.217 e. The van der Waals surface area contributed by atoms with Crippen LogP contribution in [0.4, 0.5) is 0 Å². The predicted molar refractivity (Wildman–Crippen MR) is 237 cm³/mol. The lowest BCUT2D eigenvalue weighted by Gasteiger charge is -2.46. The smallest absolute Gasteiger partial charge is 0.217 e. The zero-order valence-corrected chi connectivity index (χ0v) is 41.0. The normalized spacial score (nSPS) is 46.2. The minimum Gasteiger partial charge on any atom is -0.394 e. The second kappa shape index (κ2) is 28.8. The number of unbranched alkanes of at least 4 members (excludes halogenated alkanes) is 2.